The van der Waals surface area contributed by atoms with Gasteiger partial charge in [0, 0.05) is 22.0 Å². The predicted molar refractivity (Wildman–Crippen MR) is 96.8 cm³/mol. The fourth-order valence-corrected chi connectivity index (χ4v) is 2.73. The van der Waals surface area contributed by atoms with Crippen molar-refractivity contribution in [1.29, 1.82) is 0 Å². The van der Waals surface area contributed by atoms with Gasteiger partial charge in [-0.05, 0) is 62.2 Å². The van der Waals surface area contributed by atoms with Crippen LogP contribution in [-0.4, -0.2) is 17.6 Å². The smallest absolute Gasteiger partial charge is 0.240 e. The topological polar surface area (TPSA) is 75.3 Å². The fourth-order valence-electron chi connectivity index (χ4n) is 2.54. The Bertz CT molecular complexity index is 842. The Morgan fingerprint density at radius 2 is 1.52 bits per heavy atom. The zero-order chi connectivity index (χ0) is 18.0. The van der Waals surface area contributed by atoms with E-state index in [-0.39, 0.29) is 17.6 Å². The lowest BCUT2D eigenvalue weighted by molar-refractivity contribution is -0.131. The molecule has 0 spiro atoms. The highest BCUT2D eigenvalue weighted by atomic mass is 35.5. The van der Waals surface area contributed by atoms with Crippen molar-refractivity contribution in [1.82, 2.24) is 0 Å². The van der Waals surface area contributed by atoms with Crippen LogP contribution < -0.4 is 10.6 Å². The second-order valence-electron chi connectivity index (χ2n) is 6.13. The van der Waals surface area contributed by atoms with Crippen LogP contribution in [0.15, 0.2) is 48.5 Å². The Kier molecular flexibility index (Phi) is 4.59. The number of hydrogen-bond donors (Lipinski definition) is 2. The van der Waals surface area contributed by atoms with Crippen molar-refractivity contribution in [2.45, 2.75) is 19.8 Å². The van der Waals surface area contributed by atoms with Gasteiger partial charge in [-0.1, -0.05) is 17.7 Å². The van der Waals surface area contributed by atoms with E-state index in [4.69, 9.17) is 11.6 Å². The Labute approximate surface area is 150 Å². The minimum atomic E-state index is -1.05. The molecule has 0 saturated heterocycles. The van der Waals surface area contributed by atoms with Crippen molar-refractivity contribution in [3.8, 4) is 0 Å². The molecule has 1 fully saturated rings. The van der Waals surface area contributed by atoms with E-state index in [9.17, 15) is 14.4 Å². The van der Waals surface area contributed by atoms with Crippen molar-refractivity contribution in [3.63, 3.8) is 0 Å². The van der Waals surface area contributed by atoms with Crippen molar-refractivity contribution in [3.05, 3.63) is 59.1 Å². The lowest BCUT2D eigenvalue weighted by Gasteiger charge is -2.15. The first-order valence-electron chi connectivity index (χ1n) is 7.90. The first-order valence-corrected chi connectivity index (χ1v) is 8.28. The van der Waals surface area contributed by atoms with Crippen LogP contribution in [0.25, 0.3) is 0 Å². The number of amides is 2. The van der Waals surface area contributed by atoms with Crippen molar-refractivity contribution >= 4 is 40.6 Å². The molecule has 25 heavy (non-hydrogen) atoms. The van der Waals surface area contributed by atoms with E-state index in [1.54, 1.807) is 48.5 Å². The number of nitrogens with one attached hydrogen (secondary N) is 2. The quantitative estimate of drug-likeness (QED) is 0.630. The highest BCUT2D eigenvalue weighted by molar-refractivity contribution is 6.31. The molecule has 0 aliphatic heterocycles. The van der Waals surface area contributed by atoms with Crippen LogP contribution in [-0.2, 0) is 9.59 Å². The van der Waals surface area contributed by atoms with Gasteiger partial charge in [0.25, 0.3) is 0 Å². The SMILES string of the molecule is CC(=O)c1ccc(NC(=O)C2(C(=O)Nc3cccc(Cl)c3)CC2)cc1. The zero-order valence-corrected chi connectivity index (χ0v) is 14.4. The number of benzene rings is 2. The standard InChI is InChI=1S/C19H17ClN2O3/c1-12(23)13-5-7-15(8-6-13)21-17(24)19(9-10-19)18(25)22-16-4-2-3-14(20)11-16/h2-8,11H,9-10H2,1H3,(H,21,24)(H,22,25). The summed E-state index contributed by atoms with van der Waals surface area (Å²) in [5.74, 6) is -0.729. The highest BCUT2D eigenvalue weighted by Gasteiger charge is 2.56. The third-order valence-corrected chi connectivity index (χ3v) is 4.49. The third kappa shape index (κ3) is 3.72. The van der Waals surface area contributed by atoms with Crippen LogP contribution in [0.4, 0.5) is 11.4 Å². The lowest BCUT2D eigenvalue weighted by Crippen LogP contribution is -2.35. The van der Waals surface area contributed by atoms with Crippen molar-refractivity contribution < 1.29 is 14.4 Å². The largest absolute Gasteiger partial charge is 0.325 e. The summed E-state index contributed by atoms with van der Waals surface area (Å²) in [6.07, 6.45) is 0.994. The Hall–Kier alpha value is -2.66. The molecule has 5 nitrogen and oxygen atoms in total. The molecular formula is C19H17ClN2O3. The Morgan fingerprint density at radius 3 is 2.04 bits per heavy atom. The van der Waals surface area contributed by atoms with E-state index in [1.807, 2.05) is 0 Å². The van der Waals surface area contributed by atoms with Crippen LogP contribution in [0.3, 0.4) is 0 Å². The number of halogens is 1. The fraction of sp³-hybridized carbons (Fsp3) is 0.211. The zero-order valence-electron chi connectivity index (χ0n) is 13.6. The van der Waals surface area contributed by atoms with Gasteiger partial charge in [0.15, 0.2) is 5.78 Å². The van der Waals surface area contributed by atoms with Gasteiger partial charge >= 0.3 is 0 Å². The summed E-state index contributed by atoms with van der Waals surface area (Å²) >= 11 is 5.91. The average molecular weight is 357 g/mol. The summed E-state index contributed by atoms with van der Waals surface area (Å²) in [6.45, 7) is 1.48. The number of Topliss-reactive ketones (excluding diaryl/α,β-unsaturated/α-hetero) is 1. The highest BCUT2D eigenvalue weighted by Crippen LogP contribution is 2.47. The first kappa shape index (κ1) is 17.2. The van der Waals surface area contributed by atoms with Gasteiger partial charge in [0.05, 0.1) is 0 Å². The normalized spacial score (nSPS) is 14.5. The summed E-state index contributed by atoms with van der Waals surface area (Å²) in [5, 5.41) is 6.01. The van der Waals surface area contributed by atoms with Crippen molar-refractivity contribution in [2.24, 2.45) is 5.41 Å². The van der Waals surface area contributed by atoms with Gasteiger partial charge in [-0.2, -0.15) is 0 Å². The number of carbonyl (C=O) groups excluding carboxylic acids is 3. The van der Waals surface area contributed by atoms with Crippen LogP contribution >= 0.6 is 11.6 Å². The number of anilines is 2. The lowest BCUT2D eigenvalue weighted by atomic mass is 10.0. The molecule has 6 heteroatoms. The van der Waals surface area contributed by atoms with Crippen LogP contribution in [0.1, 0.15) is 30.1 Å². The van der Waals surface area contributed by atoms with Crippen LogP contribution in [0, 0.1) is 5.41 Å². The molecule has 1 saturated carbocycles. The van der Waals surface area contributed by atoms with Gasteiger partial charge in [0.2, 0.25) is 11.8 Å². The maximum absolute atomic E-state index is 12.5. The molecule has 0 unspecified atom stereocenters. The van der Waals surface area contributed by atoms with E-state index >= 15 is 0 Å². The summed E-state index contributed by atoms with van der Waals surface area (Å²) in [5.41, 5.74) is 0.624. The molecule has 3 rings (SSSR count). The van der Waals surface area contributed by atoms with Gasteiger partial charge in [-0.25, -0.2) is 0 Å². The number of hydrogen-bond acceptors (Lipinski definition) is 3. The number of carbonyl (C=O) groups is 3. The molecule has 128 valence electrons. The summed E-state index contributed by atoms with van der Waals surface area (Å²) < 4.78 is 0. The van der Waals surface area contributed by atoms with E-state index in [0.29, 0.717) is 34.8 Å². The van der Waals surface area contributed by atoms with Crippen LogP contribution in [0.5, 0.6) is 0 Å². The van der Waals surface area contributed by atoms with Crippen LogP contribution in [0.2, 0.25) is 5.02 Å². The second kappa shape index (κ2) is 6.69. The van der Waals surface area contributed by atoms with E-state index in [1.165, 1.54) is 6.92 Å². The van der Waals surface area contributed by atoms with E-state index in [0.717, 1.165) is 0 Å². The molecule has 0 radical (unpaired) electrons. The molecule has 1 aliphatic rings. The first-order chi connectivity index (χ1) is 11.9. The molecule has 0 bridgehead atoms. The van der Waals surface area contributed by atoms with Gasteiger partial charge in [-0.15, -0.1) is 0 Å². The van der Waals surface area contributed by atoms with E-state index in [2.05, 4.69) is 10.6 Å². The summed E-state index contributed by atoms with van der Waals surface area (Å²) in [4.78, 5) is 36.4. The Morgan fingerprint density at radius 1 is 0.920 bits per heavy atom. The average Bonchev–Trinajstić information content (AvgIpc) is 3.37. The molecule has 2 aromatic rings. The molecular weight excluding hydrogens is 340 g/mol. The molecule has 2 amide bonds. The molecule has 0 heterocycles. The summed E-state index contributed by atoms with van der Waals surface area (Å²) in [6, 6.07) is 13.4. The monoisotopic (exact) mass is 356 g/mol. The van der Waals surface area contributed by atoms with Gasteiger partial charge < -0.3 is 10.6 Å². The minimum Gasteiger partial charge on any atom is -0.325 e. The van der Waals surface area contributed by atoms with E-state index < -0.39 is 5.41 Å². The predicted octanol–water partition coefficient (Wildman–Crippen LogP) is 3.90. The van der Waals surface area contributed by atoms with Gasteiger partial charge in [-0.3, -0.25) is 14.4 Å². The second-order valence-corrected chi connectivity index (χ2v) is 6.57. The Balaban J connectivity index is 1.68. The number of ketones is 1. The molecule has 1 aliphatic carbocycles. The molecule has 0 aromatic heterocycles. The minimum absolute atomic E-state index is 0.0440. The maximum atomic E-state index is 12.5. The van der Waals surface area contributed by atoms with Gasteiger partial charge in [0.1, 0.15) is 5.41 Å². The van der Waals surface area contributed by atoms with Crippen molar-refractivity contribution in [2.75, 3.05) is 10.6 Å². The summed E-state index contributed by atoms with van der Waals surface area (Å²) in [7, 11) is 0. The number of rotatable bonds is 5. The molecule has 0 atom stereocenters. The maximum Gasteiger partial charge on any atom is 0.240 e. The third-order valence-electron chi connectivity index (χ3n) is 4.25. The molecule has 2 aromatic carbocycles. The molecule has 2 N–H and O–H groups in total.